The highest BCUT2D eigenvalue weighted by Gasteiger charge is 2.19. The van der Waals surface area contributed by atoms with Crippen molar-refractivity contribution in [3.05, 3.63) is 28.3 Å². The van der Waals surface area contributed by atoms with E-state index in [1.807, 2.05) is 0 Å². The number of rotatable bonds is 3. The van der Waals surface area contributed by atoms with Crippen LogP contribution in [0.25, 0.3) is 0 Å². The van der Waals surface area contributed by atoms with Crippen molar-refractivity contribution in [1.29, 1.82) is 0 Å². The molecule has 0 saturated heterocycles. The minimum absolute atomic E-state index is 0.260. The molecule has 1 heterocycles. The molecule has 0 fully saturated rings. The Morgan fingerprint density at radius 2 is 2.25 bits per heavy atom. The molecule has 1 rings (SSSR count). The largest absolute Gasteiger partial charge is 0.469 e. The average molecular weight is 254 g/mol. The van der Waals surface area contributed by atoms with Crippen molar-refractivity contribution < 1.29 is 22.7 Å². The summed E-state index contributed by atoms with van der Waals surface area (Å²) in [7, 11) is 1.11. The van der Waals surface area contributed by atoms with Crippen LogP contribution in [0.15, 0.2) is 6.07 Å². The number of pyridine rings is 1. The highest BCUT2D eigenvalue weighted by Crippen LogP contribution is 2.29. The summed E-state index contributed by atoms with van der Waals surface area (Å²) in [5.74, 6) is -1.85. The van der Waals surface area contributed by atoms with Crippen LogP contribution in [0.2, 0.25) is 5.02 Å². The number of esters is 1. The van der Waals surface area contributed by atoms with Gasteiger partial charge < -0.3 is 4.74 Å². The second-order valence-corrected chi connectivity index (χ2v) is 3.23. The van der Waals surface area contributed by atoms with Crippen LogP contribution in [0.1, 0.15) is 17.7 Å². The maximum Gasteiger partial charge on any atom is 0.311 e. The third-order valence-electron chi connectivity index (χ3n) is 1.80. The topological polar surface area (TPSA) is 39.2 Å². The maximum atomic E-state index is 12.9. The Morgan fingerprint density at radius 3 is 2.75 bits per heavy atom. The SMILES string of the molecule is COC(=O)Cc1nc(F)cc(C(F)F)c1Cl. The molecule has 88 valence electrons. The maximum absolute atomic E-state index is 12.9. The second-order valence-electron chi connectivity index (χ2n) is 2.85. The Hall–Kier alpha value is -1.30. The first-order valence-electron chi connectivity index (χ1n) is 4.15. The van der Waals surface area contributed by atoms with Crippen molar-refractivity contribution in [3.8, 4) is 0 Å². The molecule has 0 N–H and O–H groups in total. The van der Waals surface area contributed by atoms with E-state index in [9.17, 15) is 18.0 Å². The molecule has 1 aromatic rings. The summed E-state index contributed by atoms with van der Waals surface area (Å²) in [6.07, 6.45) is -3.38. The number of hydrogen-bond donors (Lipinski definition) is 0. The van der Waals surface area contributed by atoms with Gasteiger partial charge in [-0.2, -0.15) is 4.39 Å². The molecular formula is C9H7ClF3NO2. The number of hydrogen-bond acceptors (Lipinski definition) is 3. The number of ether oxygens (including phenoxy) is 1. The molecule has 0 aliphatic rings. The van der Waals surface area contributed by atoms with E-state index in [4.69, 9.17) is 11.6 Å². The molecule has 0 amide bonds. The number of methoxy groups -OCH3 is 1. The summed E-state index contributed by atoms with van der Waals surface area (Å²) in [4.78, 5) is 14.2. The normalized spacial score (nSPS) is 10.6. The molecule has 0 atom stereocenters. The van der Waals surface area contributed by atoms with E-state index in [2.05, 4.69) is 9.72 Å². The van der Waals surface area contributed by atoms with E-state index in [1.165, 1.54) is 0 Å². The van der Waals surface area contributed by atoms with Crippen LogP contribution in [-0.4, -0.2) is 18.1 Å². The standard InChI is InChI=1S/C9H7ClF3NO2/c1-16-7(15)3-5-8(10)4(9(12)13)2-6(11)14-5/h2,9H,3H2,1H3. The van der Waals surface area contributed by atoms with Crippen molar-refractivity contribution in [2.24, 2.45) is 0 Å². The zero-order valence-electron chi connectivity index (χ0n) is 8.14. The average Bonchev–Trinajstić information content (AvgIpc) is 2.22. The summed E-state index contributed by atoms with van der Waals surface area (Å²) in [5, 5.41) is -0.415. The third kappa shape index (κ3) is 2.85. The van der Waals surface area contributed by atoms with Crippen molar-refractivity contribution in [3.63, 3.8) is 0 Å². The fraction of sp³-hybridized carbons (Fsp3) is 0.333. The lowest BCUT2D eigenvalue weighted by Crippen LogP contribution is -2.09. The molecule has 0 unspecified atom stereocenters. The summed E-state index contributed by atoms with van der Waals surface area (Å²) >= 11 is 5.56. The fourth-order valence-corrected chi connectivity index (χ4v) is 1.30. The van der Waals surface area contributed by atoms with Gasteiger partial charge in [0.15, 0.2) is 0 Å². The van der Waals surface area contributed by atoms with Gasteiger partial charge in [-0.25, -0.2) is 13.8 Å². The Bertz CT molecular complexity index is 412. The molecule has 16 heavy (non-hydrogen) atoms. The number of nitrogens with zero attached hydrogens (tertiary/aromatic N) is 1. The van der Waals surface area contributed by atoms with Crippen LogP contribution < -0.4 is 0 Å². The van der Waals surface area contributed by atoms with Gasteiger partial charge in [-0.05, 0) is 0 Å². The van der Waals surface area contributed by atoms with E-state index >= 15 is 0 Å². The first-order valence-corrected chi connectivity index (χ1v) is 4.53. The first kappa shape index (κ1) is 12.8. The Morgan fingerprint density at radius 1 is 1.62 bits per heavy atom. The van der Waals surface area contributed by atoms with Crippen LogP contribution in [0.4, 0.5) is 13.2 Å². The summed E-state index contributed by atoms with van der Waals surface area (Å²) < 4.78 is 42.0. The fourth-order valence-electron chi connectivity index (χ4n) is 1.05. The van der Waals surface area contributed by atoms with Crippen molar-refractivity contribution in [2.75, 3.05) is 7.11 Å². The molecule has 0 radical (unpaired) electrons. The van der Waals surface area contributed by atoms with E-state index < -0.39 is 35.3 Å². The molecule has 0 spiro atoms. The molecule has 0 bridgehead atoms. The van der Waals surface area contributed by atoms with Crippen LogP contribution in [0.3, 0.4) is 0 Å². The number of aromatic nitrogens is 1. The summed E-state index contributed by atoms with van der Waals surface area (Å²) in [5.41, 5.74) is -0.947. The van der Waals surface area contributed by atoms with Gasteiger partial charge in [0.2, 0.25) is 5.95 Å². The van der Waals surface area contributed by atoms with Gasteiger partial charge in [-0.15, -0.1) is 0 Å². The Kier molecular flexibility index (Phi) is 4.12. The van der Waals surface area contributed by atoms with E-state index in [-0.39, 0.29) is 5.69 Å². The molecule has 0 aliphatic carbocycles. The molecule has 3 nitrogen and oxygen atoms in total. The Balaban J connectivity index is 3.14. The van der Waals surface area contributed by atoms with E-state index in [0.717, 1.165) is 7.11 Å². The lowest BCUT2D eigenvalue weighted by molar-refractivity contribution is -0.139. The zero-order valence-corrected chi connectivity index (χ0v) is 8.89. The van der Waals surface area contributed by atoms with Crippen LogP contribution >= 0.6 is 11.6 Å². The third-order valence-corrected chi connectivity index (χ3v) is 2.23. The zero-order chi connectivity index (χ0) is 12.3. The lowest BCUT2D eigenvalue weighted by Gasteiger charge is -2.07. The van der Waals surface area contributed by atoms with Crippen LogP contribution in [-0.2, 0) is 16.0 Å². The smallest absolute Gasteiger partial charge is 0.311 e. The number of halogens is 4. The van der Waals surface area contributed by atoms with E-state index in [0.29, 0.717) is 6.07 Å². The van der Waals surface area contributed by atoms with Gasteiger partial charge in [0.05, 0.1) is 24.2 Å². The van der Waals surface area contributed by atoms with Gasteiger partial charge >= 0.3 is 5.97 Å². The summed E-state index contributed by atoms with van der Waals surface area (Å²) in [6, 6.07) is 0.535. The number of carbonyl (C=O) groups is 1. The van der Waals surface area contributed by atoms with Crippen LogP contribution in [0, 0.1) is 5.95 Å². The van der Waals surface area contributed by atoms with E-state index in [1.54, 1.807) is 0 Å². The predicted molar refractivity (Wildman–Crippen MR) is 49.9 cm³/mol. The van der Waals surface area contributed by atoms with Gasteiger partial charge in [0.1, 0.15) is 0 Å². The van der Waals surface area contributed by atoms with Gasteiger partial charge in [0, 0.05) is 11.6 Å². The number of alkyl halides is 2. The minimum atomic E-state index is -2.93. The summed E-state index contributed by atoms with van der Waals surface area (Å²) in [6.45, 7) is 0. The van der Waals surface area contributed by atoms with Gasteiger partial charge in [0.25, 0.3) is 6.43 Å². The van der Waals surface area contributed by atoms with Gasteiger partial charge in [-0.3, -0.25) is 4.79 Å². The van der Waals surface area contributed by atoms with Crippen molar-refractivity contribution >= 4 is 17.6 Å². The quantitative estimate of drug-likeness (QED) is 0.614. The molecular weight excluding hydrogens is 247 g/mol. The van der Waals surface area contributed by atoms with Crippen LogP contribution in [0.5, 0.6) is 0 Å². The highest BCUT2D eigenvalue weighted by atomic mass is 35.5. The predicted octanol–water partition coefficient (Wildman–Crippen LogP) is 2.53. The highest BCUT2D eigenvalue weighted by molar-refractivity contribution is 6.32. The van der Waals surface area contributed by atoms with Crippen molar-refractivity contribution in [2.45, 2.75) is 12.8 Å². The Labute approximate surface area is 94.2 Å². The second kappa shape index (κ2) is 5.16. The monoisotopic (exact) mass is 253 g/mol. The molecule has 0 aromatic carbocycles. The van der Waals surface area contributed by atoms with Crippen molar-refractivity contribution in [1.82, 2.24) is 4.98 Å². The first-order chi connectivity index (χ1) is 7.45. The van der Waals surface area contributed by atoms with Gasteiger partial charge in [-0.1, -0.05) is 11.6 Å². The molecule has 0 saturated carbocycles. The molecule has 1 aromatic heterocycles. The number of carbonyl (C=O) groups excluding carboxylic acids is 1. The molecule has 7 heteroatoms. The minimum Gasteiger partial charge on any atom is -0.469 e. The lowest BCUT2D eigenvalue weighted by atomic mass is 10.2. The molecule has 0 aliphatic heterocycles.